The van der Waals surface area contributed by atoms with Crippen molar-refractivity contribution < 1.29 is 25.9 Å². The van der Waals surface area contributed by atoms with Gasteiger partial charge in [-0.1, -0.05) is 216 Å². The summed E-state index contributed by atoms with van der Waals surface area (Å²) in [7, 11) is -8.97. The maximum atomic E-state index is 11.6. The number of unbranched alkanes of at least 4 members (excludes halogenated alkanes) is 22. The first kappa shape index (κ1) is 58.7. The van der Waals surface area contributed by atoms with E-state index in [0.29, 0.717) is 13.1 Å². The molecule has 0 radical (unpaired) electrons. The van der Waals surface area contributed by atoms with Crippen LogP contribution in [0.25, 0.3) is 0 Å². The van der Waals surface area contributed by atoms with Gasteiger partial charge in [0.1, 0.15) is 20.2 Å². The maximum Gasteiger partial charge on any atom is 2.00 e. The fourth-order valence-corrected chi connectivity index (χ4v) is 10.6. The zero-order valence-electron chi connectivity index (χ0n) is 42.1. The molecule has 6 rings (SSSR count). The van der Waals surface area contributed by atoms with E-state index in [-0.39, 0.29) is 59.9 Å². The van der Waals surface area contributed by atoms with E-state index in [9.17, 15) is 25.9 Å². The molecule has 10 nitrogen and oxygen atoms in total. The molecule has 0 spiro atoms. The molecule has 2 aliphatic rings. The van der Waals surface area contributed by atoms with Crippen LogP contribution in [0.4, 0.5) is 22.7 Å². The van der Waals surface area contributed by atoms with Gasteiger partial charge in [-0.15, -0.1) is 0 Å². The Morgan fingerprint density at radius 3 is 1.00 bits per heavy atom. The van der Waals surface area contributed by atoms with Crippen molar-refractivity contribution in [1.29, 1.82) is 0 Å². The summed E-state index contributed by atoms with van der Waals surface area (Å²) < 4.78 is 69.5. The molecule has 4 aromatic carbocycles. The largest absolute Gasteiger partial charge is 2.00 e. The Kier molecular flexibility index (Phi) is 27.5. The molecule has 2 aliphatic heterocycles. The zero-order chi connectivity index (χ0) is 48.5. The number of benzene rings is 4. The minimum atomic E-state index is -4.48. The molecule has 2 atom stereocenters. The molecule has 0 bridgehead atoms. The second kappa shape index (κ2) is 32.3. The van der Waals surface area contributed by atoms with Crippen LogP contribution in [0, 0.1) is 0 Å². The van der Waals surface area contributed by atoms with Crippen molar-refractivity contribution >= 4 is 80.7 Å². The van der Waals surface area contributed by atoms with Crippen LogP contribution in [0.2, 0.25) is 0 Å². The maximum absolute atomic E-state index is 11.6. The van der Waals surface area contributed by atoms with Crippen LogP contribution in [-0.4, -0.2) is 76.0 Å². The molecule has 0 amide bonds. The molecule has 2 heterocycles. The molecule has 4 aromatic rings. The first-order valence-corrected chi connectivity index (χ1v) is 29.1. The van der Waals surface area contributed by atoms with Gasteiger partial charge in [0.25, 0.3) is 0 Å². The van der Waals surface area contributed by atoms with E-state index in [1.807, 2.05) is 36.4 Å². The molecule has 2 unspecified atom stereocenters. The van der Waals surface area contributed by atoms with Gasteiger partial charge in [0, 0.05) is 13.1 Å². The molecule has 376 valence electrons. The van der Waals surface area contributed by atoms with Crippen LogP contribution in [0.15, 0.2) is 107 Å². The molecular formula is C56H82CaN4O6S2. The predicted molar refractivity (Wildman–Crippen MR) is 286 cm³/mol. The second-order valence-corrected chi connectivity index (χ2v) is 21.9. The van der Waals surface area contributed by atoms with Gasteiger partial charge in [0.15, 0.2) is 0 Å². The molecule has 13 heteroatoms. The monoisotopic (exact) mass is 1010 g/mol. The number of anilines is 4. The van der Waals surface area contributed by atoms with Crippen LogP contribution >= 0.6 is 0 Å². The quantitative estimate of drug-likeness (QED) is 0.0275. The van der Waals surface area contributed by atoms with Crippen LogP contribution in [0.5, 0.6) is 0 Å². The van der Waals surface area contributed by atoms with Crippen molar-refractivity contribution in [3.63, 3.8) is 0 Å². The van der Waals surface area contributed by atoms with Crippen LogP contribution in [-0.2, 0) is 33.3 Å². The number of hydrogen-bond donors (Lipinski definition) is 2. The van der Waals surface area contributed by atoms with E-state index in [4.69, 9.17) is 0 Å². The predicted octanol–water partition coefficient (Wildman–Crippen LogP) is 14.5. The summed E-state index contributed by atoms with van der Waals surface area (Å²) >= 11 is 0. The third-order valence-corrected chi connectivity index (χ3v) is 15.2. The molecule has 0 aliphatic carbocycles. The Bertz CT molecular complexity index is 2090. The minimum Gasteiger partial charge on any atom is -0.744 e. The number of nitrogens with zero attached hydrogens (tertiary/aromatic N) is 2. The Morgan fingerprint density at radius 2 is 0.710 bits per heavy atom. The van der Waals surface area contributed by atoms with Gasteiger partial charge in [0.2, 0.25) is 0 Å². The summed E-state index contributed by atoms with van der Waals surface area (Å²) in [5, 5.41) is 7.10. The average Bonchev–Trinajstić information content (AvgIpc) is 3.85. The standard InChI is InChI=1S/2C28H42N2O3S.Ca/c2*1-2-3-4-5-6-7-8-9-10-11-12-16-19-28-29-26-21-20-25(34(31,32)33)22-27(26)30(28)23-24-17-14-13-15-18-24;/h2*13-15,17-18,20-22,28-29H,2-12,16,19,23H2,1H3,(H,31,32,33);/q;;+2/p-2. The van der Waals surface area contributed by atoms with Crippen molar-refractivity contribution in [2.24, 2.45) is 0 Å². The Labute approximate surface area is 447 Å². The minimum absolute atomic E-state index is 0. The van der Waals surface area contributed by atoms with Gasteiger partial charge in [-0.05, 0) is 73.2 Å². The van der Waals surface area contributed by atoms with E-state index >= 15 is 0 Å². The Balaban J connectivity index is 0.000000296. The molecule has 0 saturated heterocycles. The van der Waals surface area contributed by atoms with Crippen LogP contribution < -0.4 is 20.4 Å². The number of rotatable bonds is 32. The van der Waals surface area contributed by atoms with Crippen molar-refractivity contribution in [2.45, 2.75) is 216 Å². The average molecular weight is 1010 g/mol. The van der Waals surface area contributed by atoms with Gasteiger partial charge in [0.05, 0.1) is 44.9 Å². The van der Waals surface area contributed by atoms with Gasteiger partial charge in [-0.3, -0.25) is 0 Å². The molecule has 0 aromatic heterocycles. The summed E-state index contributed by atoms with van der Waals surface area (Å²) in [6.07, 6.45) is 33.9. The van der Waals surface area contributed by atoms with Crippen molar-refractivity contribution in [3.05, 3.63) is 108 Å². The molecule has 69 heavy (non-hydrogen) atoms. The van der Waals surface area contributed by atoms with Crippen molar-refractivity contribution in [1.82, 2.24) is 0 Å². The number of fused-ring (bicyclic) bond motifs is 2. The molecular weight excluding hydrogens is 929 g/mol. The van der Waals surface area contributed by atoms with Crippen molar-refractivity contribution in [3.8, 4) is 0 Å². The van der Waals surface area contributed by atoms with E-state index < -0.39 is 20.2 Å². The van der Waals surface area contributed by atoms with Gasteiger partial charge < -0.3 is 29.5 Å². The summed E-state index contributed by atoms with van der Waals surface area (Å²) in [5.41, 5.74) is 5.70. The normalized spacial score (nSPS) is 15.1. The Hall–Kier alpha value is -2.84. The van der Waals surface area contributed by atoms with E-state index in [1.54, 1.807) is 12.1 Å². The summed E-state index contributed by atoms with van der Waals surface area (Å²) in [6.45, 7) is 5.87. The first-order valence-electron chi connectivity index (χ1n) is 26.3. The molecule has 2 N–H and O–H groups in total. The third kappa shape index (κ3) is 21.0. The SMILES string of the molecule is CCCCCCCCCCCCCCC1Nc2ccc(S(=O)(=O)[O-])cc2N1Cc1ccccc1.CCCCCCCCCCCCCCC1Nc2ccc(S(=O)(=O)[O-])cc2N1Cc1ccccc1.[Ca+2]. The van der Waals surface area contributed by atoms with Gasteiger partial charge >= 0.3 is 37.7 Å². The number of hydrogen-bond acceptors (Lipinski definition) is 10. The van der Waals surface area contributed by atoms with Crippen LogP contribution in [0.3, 0.4) is 0 Å². The Morgan fingerprint density at radius 1 is 0.420 bits per heavy atom. The van der Waals surface area contributed by atoms with Crippen molar-refractivity contribution in [2.75, 3.05) is 20.4 Å². The van der Waals surface area contributed by atoms with E-state index in [0.717, 1.165) is 59.6 Å². The molecule has 0 fully saturated rings. The third-order valence-electron chi connectivity index (χ3n) is 13.6. The van der Waals surface area contributed by atoms with E-state index in [1.165, 1.54) is 166 Å². The smallest absolute Gasteiger partial charge is 0.744 e. The van der Waals surface area contributed by atoms with E-state index in [2.05, 4.69) is 58.5 Å². The topological polar surface area (TPSA) is 145 Å². The summed E-state index contributed by atoms with van der Waals surface area (Å²) in [5.74, 6) is 0. The summed E-state index contributed by atoms with van der Waals surface area (Å²) in [4.78, 5) is 4.07. The summed E-state index contributed by atoms with van der Waals surface area (Å²) in [6, 6.07) is 29.6. The van der Waals surface area contributed by atoms with Crippen LogP contribution in [0.1, 0.15) is 192 Å². The zero-order valence-corrected chi connectivity index (χ0v) is 45.9. The second-order valence-electron chi connectivity index (χ2n) is 19.2. The fraction of sp³-hybridized carbons (Fsp3) is 0.571. The number of nitrogens with one attached hydrogen (secondary N) is 2. The fourth-order valence-electron chi connectivity index (χ4n) is 9.67. The van der Waals surface area contributed by atoms with Gasteiger partial charge in [-0.25, -0.2) is 16.8 Å². The molecule has 0 saturated carbocycles. The van der Waals surface area contributed by atoms with Gasteiger partial charge in [-0.2, -0.15) is 0 Å². The first-order chi connectivity index (χ1) is 33.0.